The maximum Gasteiger partial charge on any atom is 0.229 e. The van der Waals surface area contributed by atoms with Gasteiger partial charge in [-0.05, 0) is 25.1 Å². The van der Waals surface area contributed by atoms with E-state index in [2.05, 4.69) is 0 Å². The van der Waals surface area contributed by atoms with Crippen LogP contribution in [0.15, 0.2) is 28.7 Å². The molecule has 0 saturated carbocycles. The van der Waals surface area contributed by atoms with Crippen LogP contribution in [-0.4, -0.2) is 20.0 Å². The number of carbonyl (C=O) groups excluding carboxylic acids is 1. The monoisotopic (exact) mass is 280 g/mol. The Bertz CT molecular complexity index is 616. The molecule has 2 aromatic rings. The molecular formula is C14H13ClO4. The lowest BCUT2D eigenvalue weighted by Gasteiger charge is -2.10. The number of rotatable bonds is 4. The van der Waals surface area contributed by atoms with Crippen LogP contribution in [0.25, 0.3) is 0 Å². The van der Waals surface area contributed by atoms with Crippen molar-refractivity contribution in [1.82, 2.24) is 0 Å². The normalized spacial score (nSPS) is 10.3. The summed E-state index contributed by atoms with van der Waals surface area (Å²) in [5, 5.41) is 0.289. The van der Waals surface area contributed by atoms with Crippen LogP contribution < -0.4 is 9.47 Å². The summed E-state index contributed by atoms with van der Waals surface area (Å²) in [5.41, 5.74) is 0.314. The first-order chi connectivity index (χ1) is 9.06. The van der Waals surface area contributed by atoms with Gasteiger partial charge in [0.2, 0.25) is 5.78 Å². The Hall–Kier alpha value is -1.94. The van der Waals surface area contributed by atoms with Crippen LogP contribution in [0, 0.1) is 6.92 Å². The van der Waals surface area contributed by atoms with E-state index in [0.717, 1.165) is 0 Å². The Balaban J connectivity index is 2.47. The van der Waals surface area contributed by atoms with Crippen LogP contribution in [0.1, 0.15) is 21.9 Å². The highest BCUT2D eigenvalue weighted by Gasteiger charge is 2.19. The standard InChI is InChI=1S/C14H13ClO4/c1-8-4-5-11(19-8)14(16)9-6-12(17-2)13(18-3)7-10(9)15/h4-7H,1-3H3. The van der Waals surface area contributed by atoms with E-state index in [9.17, 15) is 4.79 Å². The predicted octanol–water partition coefficient (Wildman–Crippen LogP) is 3.49. The molecule has 0 spiro atoms. The Morgan fingerprint density at radius 1 is 1.16 bits per heavy atom. The van der Waals surface area contributed by atoms with Gasteiger partial charge >= 0.3 is 0 Å². The van der Waals surface area contributed by atoms with Gasteiger partial charge in [0.1, 0.15) is 5.76 Å². The minimum atomic E-state index is -0.293. The molecule has 1 aromatic heterocycles. The first-order valence-corrected chi connectivity index (χ1v) is 5.97. The number of benzene rings is 1. The van der Waals surface area contributed by atoms with Crippen molar-refractivity contribution in [3.63, 3.8) is 0 Å². The highest BCUT2D eigenvalue weighted by atomic mass is 35.5. The molecule has 4 nitrogen and oxygen atoms in total. The van der Waals surface area contributed by atoms with Crippen molar-refractivity contribution in [3.05, 3.63) is 46.4 Å². The van der Waals surface area contributed by atoms with E-state index in [4.69, 9.17) is 25.5 Å². The highest BCUT2D eigenvalue weighted by molar-refractivity contribution is 6.35. The third-order valence-electron chi connectivity index (χ3n) is 2.68. The number of aryl methyl sites for hydroxylation is 1. The lowest BCUT2D eigenvalue weighted by Crippen LogP contribution is -2.02. The highest BCUT2D eigenvalue weighted by Crippen LogP contribution is 2.34. The minimum Gasteiger partial charge on any atom is -0.493 e. The zero-order valence-corrected chi connectivity index (χ0v) is 11.6. The Labute approximate surface area is 115 Å². The van der Waals surface area contributed by atoms with Crippen LogP contribution in [0.3, 0.4) is 0 Å². The maximum atomic E-state index is 12.3. The van der Waals surface area contributed by atoms with Crippen molar-refractivity contribution < 1.29 is 18.7 Å². The Kier molecular flexibility index (Phi) is 3.81. The topological polar surface area (TPSA) is 48.7 Å². The van der Waals surface area contributed by atoms with Gasteiger partial charge in [0, 0.05) is 11.6 Å². The van der Waals surface area contributed by atoms with Crippen LogP contribution in [0.5, 0.6) is 11.5 Å². The number of hydrogen-bond donors (Lipinski definition) is 0. The number of carbonyl (C=O) groups is 1. The second-order valence-corrected chi connectivity index (χ2v) is 4.33. The molecule has 1 heterocycles. The van der Waals surface area contributed by atoms with Gasteiger partial charge in [-0.15, -0.1) is 0 Å². The first kappa shape index (κ1) is 13.5. The van der Waals surface area contributed by atoms with Gasteiger partial charge in [-0.3, -0.25) is 4.79 Å². The number of hydrogen-bond acceptors (Lipinski definition) is 4. The molecule has 0 aliphatic heterocycles. The van der Waals surface area contributed by atoms with E-state index in [-0.39, 0.29) is 16.6 Å². The van der Waals surface area contributed by atoms with Crippen molar-refractivity contribution in [2.45, 2.75) is 6.92 Å². The number of furan rings is 1. The molecule has 0 atom stereocenters. The summed E-state index contributed by atoms with van der Waals surface area (Å²) in [6.07, 6.45) is 0. The molecule has 0 amide bonds. The van der Waals surface area contributed by atoms with Gasteiger partial charge in [-0.25, -0.2) is 0 Å². The summed E-state index contributed by atoms with van der Waals surface area (Å²) >= 11 is 6.09. The van der Waals surface area contributed by atoms with E-state index in [0.29, 0.717) is 22.8 Å². The molecule has 0 aliphatic carbocycles. The average molecular weight is 281 g/mol. The van der Waals surface area contributed by atoms with Crippen molar-refractivity contribution in [2.24, 2.45) is 0 Å². The molecule has 0 saturated heterocycles. The van der Waals surface area contributed by atoms with E-state index in [1.54, 1.807) is 31.2 Å². The number of ketones is 1. The van der Waals surface area contributed by atoms with Crippen LogP contribution >= 0.6 is 11.6 Å². The SMILES string of the molecule is COc1cc(Cl)c(C(=O)c2ccc(C)o2)cc1OC. The summed E-state index contributed by atoms with van der Waals surface area (Å²) in [7, 11) is 3.00. The fourth-order valence-electron chi connectivity index (χ4n) is 1.72. The Morgan fingerprint density at radius 2 is 1.79 bits per heavy atom. The van der Waals surface area contributed by atoms with Crippen molar-refractivity contribution in [1.29, 1.82) is 0 Å². The molecule has 0 bridgehead atoms. The lowest BCUT2D eigenvalue weighted by molar-refractivity contribution is 0.101. The van der Waals surface area contributed by atoms with E-state index >= 15 is 0 Å². The number of ether oxygens (including phenoxy) is 2. The summed E-state index contributed by atoms with van der Waals surface area (Å²) in [5.74, 6) is 1.53. The van der Waals surface area contributed by atoms with Gasteiger partial charge in [0.15, 0.2) is 17.3 Å². The molecule has 100 valence electrons. The molecular weight excluding hydrogens is 268 g/mol. The smallest absolute Gasteiger partial charge is 0.229 e. The molecule has 0 N–H and O–H groups in total. The molecule has 5 heteroatoms. The molecule has 19 heavy (non-hydrogen) atoms. The quantitative estimate of drug-likeness (QED) is 0.805. The van der Waals surface area contributed by atoms with Gasteiger partial charge in [-0.1, -0.05) is 11.6 Å². The minimum absolute atomic E-state index is 0.242. The van der Waals surface area contributed by atoms with Gasteiger partial charge in [0.25, 0.3) is 0 Å². The molecule has 0 unspecified atom stereocenters. The van der Waals surface area contributed by atoms with Gasteiger partial charge in [0.05, 0.1) is 19.2 Å². The fraction of sp³-hybridized carbons (Fsp3) is 0.214. The van der Waals surface area contributed by atoms with Crippen molar-refractivity contribution in [2.75, 3.05) is 14.2 Å². The average Bonchev–Trinajstić information content (AvgIpc) is 2.84. The molecule has 1 aromatic carbocycles. The third-order valence-corrected chi connectivity index (χ3v) is 2.99. The molecule has 2 rings (SSSR count). The lowest BCUT2D eigenvalue weighted by atomic mass is 10.1. The van der Waals surface area contributed by atoms with Crippen molar-refractivity contribution in [3.8, 4) is 11.5 Å². The summed E-state index contributed by atoms with van der Waals surface area (Å²) in [4.78, 5) is 12.3. The molecule has 0 fully saturated rings. The van der Waals surface area contributed by atoms with Crippen LogP contribution in [-0.2, 0) is 0 Å². The zero-order valence-electron chi connectivity index (χ0n) is 10.8. The predicted molar refractivity (Wildman–Crippen MR) is 71.4 cm³/mol. The van der Waals surface area contributed by atoms with E-state index in [1.807, 2.05) is 0 Å². The second-order valence-electron chi connectivity index (χ2n) is 3.93. The van der Waals surface area contributed by atoms with E-state index < -0.39 is 0 Å². The fourth-order valence-corrected chi connectivity index (χ4v) is 1.96. The maximum absolute atomic E-state index is 12.3. The number of methoxy groups -OCH3 is 2. The molecule has 0 radical (unpaired) electrons. The van der Waals surface area contributed by atoms with E-state index in [1.165, 1.54) is 14.2 Å². The van der Waals surface area contributed by atoms with Gasteiger partial charge in [-0.2, -0.15) is 0 Å². The summed E-state index contributed by atoms with van der Waals surface area (Å²) < 4.78 is 15.6. The van der Waals surface area contributed by atoms with Crippen LogP contribution in [0.2, 0.25) is 5.02 Å². The largest absolute Gasteiger partial charge is 0.493 e. The number of halogens is 1. The molecule has 0 aliphatic rings. The van der Waals surface area contributed by atoms with Crippen molar-refractivity contribution >= 4 is 17.4 Å². The third kappa shape index (κ3) is 2.58. The van der Waals surface area contributed by atoms with Crippen LogP contribution in [0.4, 0.5) is 0 Å². The first-order valence-electron chi connectivity index (χ1n) is 5.59. The summed E-state index contributed by atoms with van der Waals surface area (Å²) in [6.45, 7) is 1.77. The second kappa shape index (κ2) is 5.36. The summed E-state index contributed by atoms with van der Waals surface area (Å²) in [6, 6.07) is 6.43. The zero-order chi connectivity index (χ0) is 14.0. The Morgan fingerprint density at radius 3 is 2.32 bits per heavy atom. The van der Waals surface area contributed by atoms with Gasteiger partial charge < -0.3 is 13.9 Å².